The summed E-state index contributed by atoms with van der Waals surface area (Å²) in [6.45, 7) is 2.10. The summed E-state index contributed by atoms with van der Waals surface area (Å²) < 4.78 is 5.02. The molecule has 0 spiro atoms. The third-order valence-electron chi connectivity index (χ3n) is 3.07. The molecule has 3 heteroatoms. The largest absolute Gasteiger partial charge is 0.466 e. The van der Waals surface area contributed by atoms with E-state index in [-0.39, 0.29) is 5.97 Å². The van der Waals surface area contributed by atoms with E-state index in [9.17, 15) is 4.79 Å². The molecule has 0 amide bonds. The number of esters is 1. The van der Waals surface area contributed by atoms with E-state index in [0.29, 0.717) is 12.5 Å². The van der Waals surface area contributed by atoms with Gasteiger partial charge in [-0.15, -0.1) is 0 Å². The molecule has 82 valence electrons. The second-order valence-electron chi connectivity index (χ2n) is 4.44. The maximum atomic E-state index is 10.6. The van der Waals surface area contributed by atoms with Crippen molar-refractivity contribution in [1.29, 1.82) is 0 Å². The number of hydrogen-bond acceptors (Lipinski definition) is 3. The van der Waals surface area contributed by atoms with Crippen molar-refractivity contribution in [3.63, 3.8) is 0 Å². The maximum Gasteiger partial charge on any atom is 0.302 e. The summed E-state index contributed by atoms with van der Waals surface area (Å²) in [5.74, 6) is 0.440. The Bertz CT molecular complexity index is 184. The smallest absolute Gasteiger partial charge is 0.302 e. The SMILES string of the molecule is CC(=O)OCC1CCC(N(C)C)CC1. The fraction of sp³-hybridized carbons (Fsp3) is 0.909. The molecule has 0 aromatic carbocycles. The van der Waals surface area contributed by atoms with Crippen molar-refractivity contribution >= 4 is 5.97 Å². The zero-order valence-electron chi connectivity index (χ0n) is 9.45. The standard InChI is InChI=1S/C11H21NO2/c1-9(13)14-8-10-4-6-11(7-5-10)12(2)3/h10-11H,4-8H2,1-3H3. The number of rotatable bonds is 3. The first-order valence-electron chi connectivity index (χ1n) is 5.39. The van der Waals surface area contributed by atoms with Gasteiger partial charge in [0.05, 0.1) is 6.61 Å². The molecule has 1 rings (SSSR count). The van der Waals surface area contributed by atoms with E-state index < -0.39 is 0 Å². The molecule has 0 aromatic rings. The molecule has 14 heavy (non-hydrogen) atoms. The molecule has 0 unspecified atom stereocenters. The number of nitrogens with zero attached hydrogens (tertiary/aromatic N) is 1. The molecule has 3 nitrogen and oxygen atoms in total. The van der Waals surface area contributed by atoms with Gasteiger partial charge in [-0.1, -0.05) is 0 Å². The van der Waals surface area contributed by atoms with Crippen LogP contribution in [0.5, 0.6) is 0 Å². The second-order valence-corrected chi connectivity index (χ2v) is 4.44. The highest BCUT2D eigenvalue weighted by atomic mass is 16.5. The lowest BCUT2D eigenvalue weighted by atomic mass is 9.86. The summed E-state index contributed by atoms with van der Waals surface area (Å²) in [5, 5.41) is 0. The molecule has 0 aliphatic heterocycles. The van der Waals surface area contributed by atoms with Gasteiger partial charge in [-0.2, -0.15) is 0 Å². The Balaban J connectivity index is 2.19. The number of carbonyl (C=O) groups is 1. The van der Waals surface area contributed by atoms with Gasteiger partial charge >= 0.3 is 5.97 Å². The van der Waals surface area contributed by atoms with Gasteiger partial charge in [0.2, 0.25) is 0 Å². The second kappa shape index (κ2) is 5.35. The van der Waals surface area contributed by atoms with Crippen LogP contribution in [0, 0.1) is 5.92 Å². The van der Waals surface area contributed by atoms with Crippen molar-refractivity contribution in [2.45, 2.75) is 38.6 Å². The molecular formula is C11H21NO2. The lowest BCUT2D eigenvalue weighted by molar-refractivity contribution is -0.142. The summed E-state index contributed by atoms with van der Waals surface area (Å²) in [6.07, 6.45) is 4.85. The van der Waals surface area contributed by atoms with Gasteiger partial charge in [-0.05, 0) is 45.7 Å². The average Bonchev–Trinajstić information content (AvgIpc) is 2.15. The summed E-state index contributed by atoms with van der Waals surface area (Å²) >= 11 is 0. The molecule has 1 saturated carbocycles. The molecule has 0 atom stereocenters. The third-order valence-corrected chi connectivity index (χ3v) is 3.07. The van der Waals surface area contributed by atoms with Crippen LogP contribution in [0.15, 0.2) is 0 Å². The first kappa shape index (κ1) is 11.5. The van der Waals surface area contributed by atoms with Crippen molar-refractivity contribution in [2.24, 2.45) is 5.92 Å². The van der Waals surface area contributed by atoms with Gasteiger partial charge < -0.3 is 9.64 Å². The van der Waals surface area contributed by atoms with Crippen LogP contribution in [0.1, 0.15) is 32.6 Å². The van der Waals surface area contributed by atoms with Crippen molar-refractivity contribution in [3.05, 3.63) is 0 Å². The average molecular weight is 199 g/mol. The normalized spacial score (nSPS) is 27.7. The monoisotopic (exact) mass is 199 g/mol. The quantitative estimate of drug-likeness (QED) is 0.648. The van der Waals surface area contributed by atoms with Crippen molar-refractivity contribution < 1.29 is 9.53 Å². The minimum atomic E-state index is -0.153. The molecule has 0 radical (unpaired) electrons. The summed E-state index contributed by atoms with van der Waals surface area (Å²) in [5.41, 5.74) is 0. The van der Waals surface area contributed by atoms with Crippen LogP contribution in [-0.2, 0) is 9.53 Å². The molecular weight excluding hydrogens is 178 g/mol. The van der Waals surface area contributed by atoms with Crippen LogP contribution in [0.4, 0.5) is 0 Å². The molecule has 1 aliphatic rings. The van der Waals surface area contributed by atoms with Gasteiger partial charge in [-0.3, -0.25) is 4.79 Å². The molecule has 0 saturated heterocycles. The van der Waals surface area contributed by atoms with Crippen LogP contribution in [0.3, 0.4) is 0 Å². The van der Waals surface area contributed by atoms with E-state index in [1.165, 1.54) is 32.6 Å². The Hall–Kier alpha value is -0.570. The molecule has 1 aliphatic carbocycles. The zero-order valence-corrected chi connectivity index (χ0v) is 9.45. The van der Waals surface area contributed by atoms with Crippen molar-refractivity contribution in [1.82, 2.24) is 4.90 Å². The van der Waals surface area contributed by atoms with E-state index in [0.717, 1.165) is 6.04 Å². The lowest BCUT2D eigenvalue weighted by Crippen LogP contribution is -2.33. The van der Waals surface area contributed by atoms with Gasteiger partial charge in [0.25, 0.3) is 0 Å². The zero-order chi connectivity index (χ0) is 10.6. The molecule has 0 heterocycles. The van der Waals surface area contributed by atoms with Gasteiger partial charge in [0, 0.05) is 13.0 Å². The minimum absolute atomic E-state index is 0.153. The predicted molar refractivity (Wildman–Crippen MR) is 56.1 cm³/mol. The van der Waals surface area contributed by atoms with Crippen LogP contribution in [-0.4, -0.2) is 37.6 Å². The minimum Gasteiger partial charge on any atom is -0.466 e. The predicted octanol–water partition coefficient (Wildman–Crippen LogP) is 1.67. The molecule has 0 N–H and O–H groups in total. The number of hydrogen-bond donors (Lipinski definition) is 0. The van der Waals surface area contributed by atoms with Crippen LogP contribution < -0.4 is 0 Å². The topological polar surface area (TPSA) is 29.5 Å². The van der Waals surface area contributed by atoms with Gasteiger partial charge in [0.15, 0.2) is 0 Å². The van der Waals surface area contributed by atoms with Crippen molar-refractivity contribution in [3.8, 4) is 0 Å². The Morgan fingerprint density at radius 2 is 1.86 bits per heavy atom. The van der Waals surface area contributed by atoms with Crippen LogP contribution >= 0.6 is 0 Å². The summed E-state index contributed by atoms with van der Waals surface area (Å²) in [7, 11) is 4.27. The highest BCUT2D eigenvalue weighted by molar-refractivity contribution is 5.65. The van der Waals surface area contributed by atoms with Crippen LogP contribution in [0.2, 0.25) is 0 Å². The fourth-order valence-corrected chi connectivity index (χ4v) is 2.06. The number of carbonyl (C=O) groups excluding carboxylic acids is 1. The molecule has 1 fully saturated rings. The summed E-state index contributed by atoms with van der Waals surface area (Å²) in [6, 6.07) is 0.726. The van der Waals surface area contributed by atoms with E-state index >= 15 is 0 Å². The van der Waals surface area contributed by atoms with E-state index in [1.807, 2.05) is 0 Å². The van der Waals surface area contributed by atoms with Crippen molar-refractivity contribution in [2.75, 3.05) is 20.7 Å². The Morgan fingerprint density at radius 3 is 2.29 bits per heavy atom. The van der Waals surface area contributed by atoms with Gasteiger partial charge in [0.1, 0.15) is 0 Å². The van der Waals surface area contributed by atoms with E-state index in [1.54, 1.807) is 0 Å². The fourth-order valence-electron chi connectivity index (χ4n) is 2.06. The number of ether oxygens (including phenoxy) is 1. The highest BCUT2D eigenvalue weighted by Crippen LogP contribution is 2.26. The van der Waals surface area contributed by atoms with E-state index in [2.05, 4.69) is 19.0 Å². The Labute approximate surface area is 86.4 Å². The van der Waals surface area contributed by atoms with Crippen LogP contribution in [0.25, 0.3) is 0 Å². The Morgan fingerprint density at radius 1 is 1.29 bits per heavy atom. The van der Waals surface area contributed by atoms with Gasteiger partial charge in [-0.25, -0.2) is 0 Å². The molecule has 0 bridgehead atoms. The third kappa shape index (κ3) is 3.66. The first-order chi connectivity index (χ1) is 6.59. The summed E-state index contributed by atoms with van der Waals surface area (Å²) in [4.78, 5) is 12.9. The molecule has 0 aromatic heterocycles. The highest BCUT2D eigenvalue weighted by Gasteiger charge is 2.22. The first-order valence-corrected chi connectivity index (χ1v) is 5.39. The lowest BCUT2D eigenvalue weighted by Gasteiger charge is -2.32. The Kier molecular flexibility index (Phi) is 4.39. The maximum absolute atomic E-state index is 10.6. The van der Waals surface area contributed by atoms with E-state index in [4.69, 9.17) is 4.74 Å².